The van der Waals surface area contributed by atoms with E-state index in [4.69, 9.17) is 9.97 Å². The van der Waals surface area contributed by atoms with E-state index in [1.54, 1.807) is 0 Å². The third-order valence-electron chi connectivity index (χ3n) is 4.32. The average Bonchev–Trinajstić information content (AvgIpc) is 3.02. The number of imidazole rings is 1. The molecule has 0 unspecified atom stereocenters. The van der Waals surface area contributed by atoms with Gasteiger partial charge in [-0.25, -0.2) is 4.98 Å². The van der Waals surface area contributed by atoms with Crippen LogP contribution in [0, 0.1) is 0 Å². The molecule has 0 spiro atoms. The van der Waals surface area contributed by atoms with Crippen LogP contribution in [0.1, 0.15) is 26.5 Å². The van der Waals surface area contributed by atoms with Crippen molar-refractivity contribution >= 4 is 11.0 Å². The molecule has 2 aromatic heterocycles. The van der Waals surface area contributed by atoms with Crippen LogP contribution >= 0.6 is 0 Å². The normalized spacial score (nSPS) is 11.8. The summed E-state index contributed by atoms with van der Waals surface area (Å²) >= 11 is 0. The molecule has 25 heavy (non-hydrogen) atoms. The van der Waals surface area contributed by atoms with Crippen molar-refractivity contribution in [3.05, 3.63) is 78.6 Å². The van der Waals surface area contributed by atoms with Crippen LogP contribution in [0.5, 0.6) is 0 Å². The van der Waals surface area contributed by atoms with Gasteiger partial charge in [-0.1, -0.05) is 69.3 Å². The van der Waals surface area contributed by atoms with Crippen molar-refractivity contribution < 1.29 is 0 Å². The van der Waals surface area contributed by atoms with E-state index in [2.05, 4.69) is 61.7 Å². The van der Waals surface area contributed by atoms with E-state index in [-0.39, 0.29) is 5.41 Å². The fourth-order valence-electron chi connectivity index (χ4n) is 3.18. The van der Waals surface area contributed by atoms with E-state index >= 15 is 0 Å². The predicted octanol–water partition coefficient (Wildman–Crippen LogP) is 5.39. The van der Waals surface area contributed by atoms with Crippen molar-refractivity contribution in [1.29, 1.82) is 0 Å². The maximum Gasteiger partial charge on any atom is 0.145 e. The number of hydrogen-bond acceptors (Lipinski definition) is 2. The van der Waals surface area contributed by atoms with Crippen LogP contribution in [0.4, 0.5) is 0 Å². The molecule has 0 fully saturated rings. The Morgan fingerprint density at radius 3 is 2.08 bits per heavy atom. The maximum absolute atomic E-state index is 4.96. The van der Waals surface area contributed by atoms with Crippen molar-refractivity contribution in [2.24, 2.45) is 0 Å². The van der Waals surface area contributed by atoms with E-state index in [0.717, 1.165) is 33.8 Å². The van der Waals surface area contributed by atoms with Crippen LogP contribution in [0.2, 0.25) is 0 Å². The lowest BCUT2D eigenvalue weighted by Crippen LogP contribution is -2.15. The Kier molecular flexibility index (Phi) is 3.65. The molecule has 0 saturated carbocycles. The van der Waals surface area contributed by atoms with Crippen molar-refractivity contribution in [2.45, 2.75) is 26.2 Å². The summed E-state index contributed by atoms with van der Waals surface area (Å²) in [5.41, 5.74) is 5.25. The molecule has 3 heteroatoms. The molecule has 0 radical (unpaired) electrons. The van der Waals surface area contributed by atoms with E-state index in [0.29, 0.717) is 0 Å². The van der Waals surface area contributed by atoms with Crippen molar-refractivity contribution in [3.8, 4) is 17.1 Å². The Balaban J connectivity index is 2.14. The number of nitrogens with zero attached hydrogens (tertiary/aromatic N) is 3. The van der Waals surface area contributed by atoms with Gasteiger partial charge in [-0.05, 0) is 18.2 Å². The Bertz CT molecular complexity index is 1010. The van der Waals surface area contributed by atoms with Gasteiger partial charge >= 0.3 is 0 Å². The van der Waals surface area contributed by atoms with Gasteiger partial charge in [-0.3, -0.25) is 9.55 Å². The second-order valence-corrected chi connectivity index (χ2v) is 7.25. The van der Waals surface area contributed by atoms with E-state index < -0.39 is 0 Å². The number of rotatable bonds is 2. The van der Waals surface area contributed by atoms with Gasteiger partial charge in [0.2, 0.25) is 0 Å². The summed E-state index contributed by atoms with van der Waals surface area (Å²) in [5.74, 6) is 0.945. The summed E-state index contributed by atoms with van der Waals surface area (Å²) in [6, 6.07) is 22.7. The molecule has 2 aromatic carbocycles. The highest BCUT2D eigenvalue weighted by molar-refractivity contribution is 5.85. The number of fused-ring (bicyclic) bond motifs is 1. The average molecular weight is 327 g/mol. The third-order valence-corrected chi connectivity index (χ3v) is 4.32. The summed E-state index contributed by atoms with van der Waals surface area (Å²) in [5, 5.41) is 0. The van der Waals surface area contributed by atoms with E-state index in [1.807, 2.05) is 36.5 Å². The first-order valence-corrected chi connectivity index (χ1v) is 8.54. The Labute approximate surface area is 148 Å². The summed E-state index contributed by atoms with van der Waals surface area (Å²) in [4.78, 5) is 9.67. The minimum Gasteiger partial charge on any atom is -0.290 e. The molecule has 3 nitrogen and oxygen atoms in total. The minimum atomic E-state index is -0.0694. The Morgan fingerprint density at radius 1 is 0.800 bits per heavy atom. The lowest BCUT2D eigenvalue weighted by molar-refractivity contribution is 0.573. The van der Waals surface area contributed by atoms with Crippen LogP contribution in [-0.2, 0) is 5.41 Å². The SMILES string of the molecule is CC(C)(C)c1nccc2nc(-c3ccccc3)n(-c3ccccc3)c12. The molecule has 0 saturated heterocycles. The number of hydrogen-bond donors (Lipinski definition) is 0. The zero-order chi connectivity index (χ0) is 17.4. The third kappa shape index (κ3) is 2.72. The van der Waals surface area contributed by atoms with Crippen LogP contribution in [0.15, 0.2) is 72.9 Å². The Morgan fingerprint density at radius 2 is 1.44 bits per heavy atom. The van der Waals surface area contributed by atoms with Crippen molar-refractivity contribution in [3.63, 3.8) is 0 Å². The standard InChI is InChI=1S/C22H21N3/c1-22(2,3)20-19-18(14-15-23-20)24-21(16-10-6-4-7-11-16)25(19)17-12-8-5-9-13-17/h4-15H,1-3H3. The van der Waals surface area contributed by atoms with Crippen LogP contribution < -0.4 is 0 Å². The lowest BCUT2D eigenvalue weighted by Gasteiger charge is -2.20. The number of para-hydroxylation sites is 1. The summed E-state index contributed by atoms with van der Waals surface area (Å²) < 4.78 is 2.23. The summed E-state index contributed by atoms with van der Waals surface area (Å²) in [6.45, 7) is 6.58. The van der Waals surface area contributed by atoms with Gasteiger partial charge in [0.1, 0.15) is 5.82 Å². The molecule has 0 N–H and O–H groups in total. The minimum absolute atomic E-state index is 0.0694. The lowest BCUT2D eigenvalue weighted by atomic mass is 9.90. The molecular formula is C22H21N3. The topological polar surface area (TPSA) is 30.7 Å². The summed E-state index contributed by atoms with van der Waals surface area (Å²) in [7, 11) is 0. The molecule has 124 valence electrons. The van der Waals surface area contributed by atoms with Gasteiger partial charge < -0.3 is 0 Å². The van der Waals surface area contributed by atoms with Crippen molar-refractivity contribution in [2.75, 3.05) is 0 Å². The molecule has 0 aliphatic carbocycles. The molecule has 2 heterocycles. The van der Waals surface area contributed by atoms with Crippen LogP contribution in [0.25, 0.3) is 28.1 Å². The maximum atomic E-state index is 4.96. The van der Waals surface area contributed by atoms with E-state index in [9.17, 15) is 0 Å². The van der Waals surface area contributed by atoms with Gasteiger partial charge in [0.25, 0.3) is 0 Å². The quantitative estimate of drug-likeness (QED) is 0.494. The summed E-state index contributed by atoms with van der Waals surface area (Å²) in [6.07, 6.45) is 1.86. The van der Waals surface area contributed by atoms with Gasteiger partial charge in [0.15, 0.2) is 0 Å². The highest BCUT2D eigenvalue weighted by atomic mass is 15.1. The molecule has 0 aliphatic heterocycles. The molecule has 4 aromatic rings. The molecule has 0 amide bonds. The van der Waals surface area contributed by atoms with Crippen LogP contribution in [-0.4, -0.2) is 14.5 Å². The highest BCUT2D eigenvalue weighted by Gasteiger charge is 2.24. The Hall–Kier alpha value is -2.94. The molecule has 0 bridgehead atoms. The predicted molar refractivity (Wildman–Crippen MR) is 103 cm³/mol. The zero-order valence-electron chi connectivity index (χ0n) is 14.8. The monoisotopic (exact) mass is 327 g/mol. The molecule has 4 rings (SSSR count). The first-order valence-electron chi connectivity index (χ1n) is 8.54. The fourth-order valence-corrected chi connectivity index (χ4v) is 3.18. The second-order valence-electron chi connectivity index (χ2n) is 7.25. The molecule has 0 atom stereocenters. The van der Waals surface area contributed by atoms with Gasteiger partial charge in [-0.15, -0.1) is 0 Å². The van der Waals surface area contributed by atoms with Crippen LogP contribution in [0.3, 0.4) is 0 Å². The van der Waals surface area contributed by atoms with Crippen molar-refractivity contribution in [1.82, 2.24) is 14.5 Å². The fraction of sp³-hybridized carbons (Fsp3) is 0.182. The van der Waals surface area contributed by atoms with E-state index in [1.165, 1.54) is 0 Å². The molecular weight excluding hydrogens is 306 g/mol. The zero-order valence-corrected chi connectivity index (χ0v) is 14.8. The first-order chi connectivity index (χ1) is 12.1. The highest BCUT2D eigenvalue weighted by Crippen LogP contribution is 2.34. The van der Waals surface area contributed by atoms with Gasteiger partial charge in [0.05, 0.1) is 16.7 Å². The van der Waals surface area contributed by atoms with Gasteiger partial charge in [-0.2, -0.15) is 0 Å². The number of pyridine rings is 1. The second kappa shape index (κ2) is 5.85. The first kappa shape index (κ1) is 15.6. The largest absolute Gasteiger partial charge is 0.290 e. The molecule has 0 aliphatic rings. The number of aromatic nitrogens is 3. The smallest absolute Gasteiger partial charge is 0.145 e. The number of benzene rings is 2. The van der Waals surface area contributed by atoms with Gasteiger partial charge in [0, 0.05) is 22.9 Å².